The highest BCUT2D eigenvalue weighted by molar-refractivity contribution is 5.96. The molecule has 3 heterocycles. The summed E-state index contributed by atoms with van der Waals surface area (Å²) >= 11 is 0. The monoisotopic (exact) mass is 702 g/mol. The smallest absolute Gasteiger partial charge is 0.408 e. The molecule has 13 nitrogen and oxygen atoms in total. The van der Waals surface area contributed by atoms with Crippen LogP contribution in [0.4, 0.5) is 4.79 Å². The molecule has 3 amide bonds. The highest BCUT2D eigenvalue weighted by Gasteiger charge is 2.62. The van der Waals surface area contributed by atoms with Gasteiger partial charge in [-0.3, -0.25) is 9.59 Å². The van der Waals surface area contributed by atoms with Gasteiger partial charge in [-0.1, -0.05) is 30.3 Å². The van der Waals surface area contributed by atoms with Crippen LogP contribution in [-0.2, 0) is 23.9 Å². The Hall–Kier alpha value is -4.91. The van der Waals surface area contributed by atoms with E-state index in [9.17, 15) is 24.3 Å². The van der Waals surface area contributed by atoms with Gasteiger partial charge >= 0.3 is 12.1 Å². The van der Waals surface area contributed by atoms with Crippen LogP contribution in [0.2, 0.25) is 0 Å². The summed E-state index contributed by atoms with van der Waals surface area (Å²) in [6, 6.07) is 14.9. The van der Waals surface area contributed by atoms with Gasteiger partial charge in [-0.25, -0.2) is 14.6 Å². The van der Waals surface area contributed by atoms with Crippen molar-refractivity contribution in [2.24, 2.45) is 5.92 Å². The lowest BCUT2D eigenvalue weighted by molar-refractivity contribution is -0.146. The number of rotatable bonds is 6. The molecule has 3 fully saturated rings. The molecule has 272 valence electrons. The minimum Gasteiger partial charge on any atom is -0.497 e. The maximum atomic E-state index is 14.4. The van der Waals surface area contributed by atoms with Crippen molar-refractivity contribution in [2.45, 2.75) is 88.6 Å². The molecule has 2 saturated heterocycles. The van der Waals surface area contributed by atoms with Crippen molar-refractivity contribution in [2.75, 3.05) is 26.9 Å². The highest BCUT2D eigenvalue weighted by atomic mass is 16.6. The van der Waals surface area contributed by atoms with Crippen molar-refractivity contribution < 1.29 is 43.2 Å². The van der Waals surface area contributed by atoms with Crippen molar-refractivity contribution in [1.29, 1.82) is 0 Å². The lowest BCUT2D eigenvalue weighted by atomic mass is 10.1. The summed E-state index contributed by atoms with van der Waals surface area (Å²) < 4.78 is 23.4. The first-order valence-corrected chi connectivity index (χ1v) is 17.5. The summed E-state index contributed by atoms with van der Waals surface area (Å²) in [4.78, 5) is 60.1. The Morgan fingerprint density at radius 3 is 2.51 bits per heavy atom. The molecule has 3 aromatic rings. The van der Waals surface area contributed by atoms with Crippen LogP contribution >= 0.6 is 0 Å². The Bertz CT molecular complexity index is 1780. The van der Waals surface area contributed by atoms with Crippen LogP contribution < -0.4 is 20.1 Å². The normalized spacial score (nSPS) is 25.8. The minimum absolute atomic E-state index is 0.0179. The van der Waals surface area contributed by atoms with Crippen molar-refractivity contribution in [3.63, 3.8) is 0 Å². The van der Waals surface area contributed by atoms with E-state index < -0.39 is 53.2 Å². The number of carbonyl (C=O) groups is 4. The standard InChI is InChI=1S/C38H46N4O9/c1-37(2,3)51-36(47)40-28-13-9-17-49-16-8-12-24-21-38(24,35(45)46)41-33(43)31-19-26(22-42(31)34(28)44)50-32-20-29(23-10-6-5-7-11-23)39-30-18-25(48-4)14-15-27(30)32/h5-7,10-11,14-15,18,20,24,26,28,31H,8-9,12-13,16-17,19,21-22H2,1-4H3,(H,40,47)(H,41,43)(H,45,46)/t24?,26-,28+,31+,38-/m1/s1. The Kier molecular flexibility index (Phi) is 10.4. The van der Waals surface area contributed by atoms with Gasteiger partial charge in [-0.15, -0.1) is 0 Å². The van der Waals surface area contributed by atoms with Gasteiger partial charge in [0.25, 0.3) is 0 Å². The van der Waals surface area contributed by atoms with E-state index in [-0.39, 0.29) is 25.3 Å². The molecule has 1 saturated carbocycles. The highest BCUT2D eigenvalue weighted by Crippen LogP contribution is 2.47. The Balaban J connectivity index is 1.34. The molecule has 3 N–H and O–H groups in total. The molecule has 13 heteroatoms. The van der Waals surface area contributed by atoms with Gasteiger partial charge in [0.1, 0.15) is 40.8 Å². The number of carbonyl (C=O) groups excluding carboxylic acids is 3. The molecule has 1 unspecified atom stereocenters. The number of fused-ring (bicyclic) bond motifs is 3. The fraction of sp³-hybridized carbons (Fsp3) is 0.500. The SMILES string of the molecule is COc1ccc2c(O[C@@H]3C[C@H]4C(=O)N[C@]5(C(=O)O)CC5CCCOCCC[C@H](NC(=O)OC(C)(C)C)C(=O)N4C3)cc(-c3ccccc3)nc2c1. The van der Waals surface area contributed by atoms with Gasteiger partial charge < -0.3 is 39.6 Å². The summed E-state index contributed by atoms with van der Waals surface area (Å²) in [6.45, 7) is 5.98. The maximum Gasteiger partial charge on any atom is 0.408 e. The number of aliphatic carboxylic acids is 1. The molecule has 2 aliphatic heterocycles. The number of aromatic nitrogens is 1. The summed E-state index contributed by atoms with van der Waals surface area (Å²) in [6.07, 6.45) is 0.912. The molecule has 51 heavy (non-hydrogen) atoms. The number of nitrogens with one attached hydrogen (secondary N) is 2. The van der Waals surface area contributed by atoms with E-state index >= 15 is 0 Å². The van der Waals surface area contributed by atoms with Gasteiger partial charge in [0.2, 0.25) is 11.8 Å². The quantitative estimate of drug-likeness (QED) is 0.328. The second-order valence-electron chi connectivity index (χ2n) is 14.5. The van der Waals surface area contributed by atoms with Crippen molar-refractivity contribution >= 4 is 34.8 Å². The number of hydrogen-bond donors (Lipinski definition) is 3. The van der Waals surface area contributed by atoms with Gasteiger partial charge in [0.05, 0.1) is 24.9 Å². The second kappa shape index (κ2) is 14.7. The Morgan fingerprint density at radius 2 is 1.80 bits per heavy atom. The van der Waals surface area contributed by atoms with E-state index in [1.807, 2.05) is 54.6 Å². The van der Waals surface area contributed by atoms with E-state index in [1.165, 1.54) is 4.90 Å². The number of carboxylic acids is 1. The fourth-order valence-corrected chi connectivity index (χ4v) is 6.99. The van der Waals surface area contributed by atoms with Crippen LogP contribution in [0.1, 0.15) is 59.3 Å². The van der Waals surface area contributed by atoms with Crippen LogP contribution in [0.15, 0.2) is 54.6 Å². The van der Waals surface area contributed by atoms with Crippen LogP contribution in [0.3, 0.4) is 0 Å². The van der Waals surface area contributed by atoms with Crippen LogP contribution in [0.25, 0.3) is 22.2 Å². The average Bonchev–Trinajstić information content (AvgIpc) is 3.63. The van der Waals surface area contributed by atoms with E-state index in [2.05, 4.69) is 10.6 Å². The van der Waals surface area contributed by atoms with Crippen molar-refractivity contribution in [3.05, 3.63) is 54.6 Å². The summed E-state index contributed by atoms with van der Waals surface area (Å²) in [5, 5.41) is 16.5. The van der Waals surface area contributed by atoms with E-state index in [0.717, 1.165) is 5.56 Å². The van der Waals surface area contributed by atoms with Crippen LogP contribution in [-0.4, -0.2) is 95.1 Å². The molecule has 0 spiro atoms. The van der Waals surface area contributed by atoms with Gasteiger partial charge in [0.15, 0.2) is 0 Å². The van der Waals surface area contributed by atoms with Crippen LogP contribution in [0.5, 0.6) is 11.5 Å². The van der Waals surface area contributed by atoms with Crippen molar-refractivity contribution in [1.82, 2.24) is 20.5 Å². The number of nitrogens with zero attached hydrogens (tertiary/aromatic N) is 2. The van der Waals surface area contributed by atoms with Gasteiger partial charge in [-0.2, -0.15) is 0 Å². The number of ether oxygens (including phenoxy) is 4. The summed E-state index contributed by atoms with van der Waals surface area (Å²) in [7, 11) is 1.58. The molecule has 0 bridgehead atoms. The zero-order chi connectivity index (χ0) is 36.3. The molecule has 5 atom stereocenters. The Labute approximate surface area is 297 Å². The number of benzene rings is 2. The summed E-state index contributed by atoms with van der Waals surface area (Å²) in [5.41, 5.74) is -0.0325. The fourth-order valence-electron chi connectivity index (χ4n) is 6.99. The molecule has 6 rings (SSSR count). The molecular formula is C38H46N4O9. The molecular weight excluding hydrogens is 656 g/mol. The number of pyridine rings is 1. The molecule has 2 aromatic carbocycles. The zero-order valence-electron chi connectivity index (χ0n) is 29.5. The average molecular weight is 703 g/mol. The first kappa shape index (κ1) is 35.9. The van der Waals surface area contributed by atoms with E-state index in [4.69, 9.17) is 23.9 Å². The second-order valence-corrected chi connectivity index (χ2v) is 14.5. The van der Waals surface area contributed by atoms with Crippen LogP contribution in [0, 0.1) is 5.92 Å². The van der Waals surface area contributed by atoms with Crippen molar-refractivity contribution in [3.8, 4) is 22.8 Å². The minimum atomic E-state index is -1.41. The first-order chi connectivity index (χ1) is 24.4. The van der Waals surface area contributed by atoms with E-state index in [0.29, 0.717) is 67.0 Å². The largest absolute Gasteiger partial charge is 0.497 e. The molecule has 1 aromatic heterocycles. The lowest BCUT2D eigenvalue weighted by Gasteiger charge is -2.30. The number of methoxy groups -OCH3 is 1. The number of alkyl carbamates (subject to hydrolysis) is 1. The third-order valence-corrected chi connectivity index (χ3v) is 9.64. The number of hydrogen-bond acceptors (Lipinski definition) is 9. The maximum absolute atomic E-state index is 14.4. The predicted octanol–water partition coefficient (Wildman–Crippen LogP) is 4.70. The van der Waals surface area contributed by atoms with Gasteiger partial charge in [-0.05, 0) is 70.9 Å². The predicted molar refractivity (Wildman–Crippen MR) is 187 cm³/mol. The topological polar surface area (TPSA) is 166 Å². The third kappa shape index (κ3) is 8.19. The molecule has 0 radical (unpaired) electrons. The zero-order valence-corrected chi connectivity index (χ0v) is 29.5. The molecule has 1 aliphatic carbocycles. The number of carboxylic acid groups (broad SMARTS) is 1. The van der Waals surface area contributed by atoms with E-state index in [1.54, 1.807) is 27.9 Å². The number of amides is 3. The third-order valence-electron chi connectivity index (χ3n) is 9.64. The first-order valence-electron chi connectivity index (χ1n) is 17.5. The molecule has 3 aliphatic rings. The Morgan fingerprint density at radius 1 is 1.06 bits per heavy atom. The lowest BCUT2D eigenvalue weighted by Crippen LogP contribution is -2.56. The summed E-state index contributed by atoms with van der Waals surface area (Å²) in [5.74, 6) is -1.29. The van der Waals surface area contributed by atoms with Gasteiger partial charge in [0, 0.05) is 42.7 Å².